The number of carbonyl (C=O) groups is 2. The summed E-state index contributed by atoms with van der Waals surface area (Å²) in [6, 6.07) is 0. The summed E-state index contributed by atoms with van der Waals surface area (Å²) in [5, 5.41) is 5.54. The van der Waals surface area contributed by atoms with Gasteiger partial charge < -0.3 is 11.1 Å². The molecule has 3 N–H and O–H groups in total. The van der Waals surface area contributed by atoms with E-state index in [1.807, 2.05) is 12.3 Å². The van der Waals surface area contributed by atoms with Gasteiger partial charge in [0.25, 0.3) is 0 Å². The predicted octanol–water partition coefficient (Wildman–Crippen LogP) is 2.80. The van der Waals surface area contributed by atoms with Crippen LogP contribution in [0, 0.1) is 5.92 Å². The van der Waals surface area contributed by atoms with Gasteiger partial charge in [-0.25, -0.2) is 4.98 Å². The highest BCUT2D eigenvalue weighted by atomic mass is 32.1. The van der Waals surface area contributed by atoms with Crippen molar-refractivity contribution in [2.24, 2.45) is 11.7 Å². The number of nitrogens with zero attached hydrogens (tertiary/aromatic N) is 1. The monoisotopic (exact) mass is 345 g/mol. The van der Waals surface area contributed by atoms with Gasteiger partial charge in [0.15, 0.2) is 0 Å². The number of nitrogens with two attached hydrogens (primary N) is 1. The van der Waals surface area contributed by atoms with Crippen LogP contribution in [0.4, 0.5) is 0 Å². The lowest BCUT2D eigenvalue weighted by atomic mass is 9.77. The Morgan fingerprint density at radius 1 is 1.42 bits per heavy atom. The highest BCUT2D eigenvalue weighted by molar-refractivity contribution is 7.09. The van der Waals surface area contributed by atoms with Crippen LogP contribution in [0.2, 0.25) is 0 Å². The van der Waals surface area contributed by atoms with Crippen molar-refractivity contribution in [1.82, 2.24) is 10.3 Å². The van der Waals surface area contributed by atoms with Crippen molar-refractivity contribution in [3.8, 4) is 0 Å². The Kier molecular flexibility index (Phi) is 4.85. The molecule has 0 saturated heterocycles. The SMILES string of the molecule is CC1=C(NC(=O)CC2CCCC2)C=CC(C(N)=O)(c2nccs2)C1. The van der Waals surface area contributed by atoms with Crippen molar-refractivity contribution < 1.29 is 9.59 Å². The molecule has 2 amide bonds. The van der Waals surface area contributed by atoms with E-state index in [4.69, 9.17) is 5.73 Å². The molecule has 6 heteroatoms. The van der Waals surface area contributed by atoms with Crippen LogP contribution in [0.5, 0.6) is 0 Å². The average molecular weight is 345 g/mol. The summed E-state index contributed by atoms with van der Waals surface area (Å²) in [6.45, 7) is 1.93. The highest BCUT2D eigenvalue weighted by Crippen LogP contribution is 2.38. The Balaban J connectivity index is 1.72. The fraction of sp³-hybridized carbons (Fsp3) is 0.500. The number of rotatable bonds is 5. The van der Waals surface area contributed by atoms with Gasteiger partial charge in [0.1, 0.15) is 10.4 Å². The lowest BCUT2D eigenvalue weighted by molar-refractivity contribution is -0.122. The summed E-state index contributed by atoms with van der Waals surface area (Å²) in [7, 11) is 0. The molecule has 24 heavy (non-hydrogen) atoms. The molecule has 3 rings (SSSR count). The summed E-state index contributed by atoms with van der Waals surface area (Å²) in [5.74, 6) is 0.157. The summed E-state index contributed by atoms with van der Waals surface area (Å²) in [4.78, 5) is 28.6. The number of aromatic nitrogens is 1. The van der Waals surface area contributed by atoms with E-state index < -0.39 is 11.3 Å². The number of hydrogen-bond donors (Lipinski definition) is 2. The molecular formula is C18H23N3O2S. The van der Waals surface area contributed by atoms with Gasteiger partial charge in [0, 0.05) is 23.7 Å². The first-order chi connectivity index (χ1) is 11.5. The molecule has 1 aromatic rings. The van der Waals surface area contributed by atoms with Crippen molar-refractivity contribution in [3.63, 3.8) is 0 Å². The standard InChI is InChI=1S/C18H23N3O2S/c1-12-11-18(16(19)23,17-20-8-9-24-17)7-6-14(12)21-15(22)10-13-4-2-3-5-13/h6-9,13H,2-5,10-11H2,1H3,(H2,19,23)(H,21,22). The molecule has 0 spiro atoms. The van der Waals surface area contributed by atoms with Crippen molar-refractivity contribution in [3.05, 3.63) is 40.0 Å². The summed E-state index contributed by atoms with van der Waals surface area (Å²) < 4.78 is 0. The van der Waals surface area contributed by atoms with Crippen LogP contribution in [-0.4, -0.2) is 16.8 Å². The lowest BCUT2D eigenvalue weighted by Crippen LogP contribution is -2.42. The van der Waals surface area contributed by atoms with Gasteiger partial charge >= 0.3 is 0 Å². The van der Waals surface area contributed by atoms with Crippen molar-refractivity contribution in [2.75, 3.05) is 0 Å². The van der Waals surface area contributed by atoms with Crippen LogP contribution in [0.3, 0.4) is 0 Å². The zero-order chi connectivity index (χ0) is 17.2. The number of thiazole rings is 1. The molecule has 2 aliphatic carbocycles. The molecule has 0 radical (unpaired) electrons. The third-order valence-corrected chi connectivity index (χ3v) is 5.97. The first kappa shape index (κ1) is 16.9. The zero-order valence-electron chi connectivity index (χ0n) is 13.9. The van der Waals surface area contributed by atoms with Crippen LogP contribution in [0.25, 0.3) is 0 Å². The Morgan fingerprint density at radius 3 is 2.75 bits per heavy atom. The normalized spacial score (nSPS) is 24.4. The molecule has 0 aromatic carbocycles. The van der Waals surface area contributed by atoms with E-state index in [1.54, 1.807) is 18.3 Å². The van der Waals surface area contributed by atoms with E-state index in [2.05, 4.69) is 10.3 Å². The van der Waals surface area contributed by atoms with E-state index in [-0.39, 0.29) is 5.91 Å². The molecule has 1 fully saturated rings. The number of allylic oxidation sites excluding steroid dienone is 2. The number of amides is 2. The van der Waals surface area contributed by atoms with E-state index in [9.17, 15) is 9.59 Å². The van der Waals surface area contributed by atoms with Crippen LogP contribution < -0.4 is 11.1 Å². The van der Waals surface area contributed by atoms with Crippen LogP contribution in [0.1, 0.15) is 50.5 Å². The van der Waals surface area contributed by atoms with Gasteiger partial charge in [-0.15, -0.1) is 11.3 Å². The maximum absolute atomic E-state index is 12.3. The molecule has 1 saturated carbocycles. The van der Waals surface area contributed by atoms with E-state index in [0.29, 0.717) is 23.8 Å². The molecule has 0 aliphatic heterocycles. The van der Waals surface area contributed by atoms with Gasteiger partial charge in [0.2, 0.25) is 11.8 Å². The Hall–Kier alpha value is -1.95. The maximum Gasteiger partial charge on any atom is 0.234 e. The quantitative estimate of drug-likeness (QED) is 0.860. The summed E-state index contributed by atoms with van der Waals surface area (Å²) >= 11 is 1.42. The Bertz CT molecular complexity index is 687. The number of primary amides is 1. The predicted molar refractivity (Wildman–Crippen MR) is 94.2 cm³/mol. The minimum Gasteiger partial charge on any atom is -0.369 e. The maximum atomic E-state index is 12.3. The Morgan fingerprint density at radius 2 is 2.17 bits per heavy atom. The van der Waals surface area contributed by atoms with Crippen LogP contribution in [0.15, 0.2) is 35.0 Å². The second-order valence-corrected chi connectivity index (χ2v) is 7.67. The molecule has 1 heterocycles. The van der Waals surface area contributed by atoms with Gasteiger partial charge in [0.05, 0.1) is 0 Å². The van der Waals surface area contributed by atoms with Crippen molar-refractivity contribution >= 4 is 23.2 Å². The van der Waals surface area contributed by atoms with Gasteiger partial charge in [-0.2, -0.15) is 0 Å². The van der Waals surface area contributed by atoms with E-state index in [0.717, 1.165) is 24.1 Å². The lowest BCUT2D eigenvalue weighted by Gasteiger charge is -2.30. The van der Waals surface area contributed by atoms with E-state index in [1.165, 1.54) is 24.2 Å². The molecule has 2 aliphatic rings. The number of carbonyl (C=O) groups excluding carboxylic acids is 2. The third-order valence-electron chi connectivity index (χ3n) is 5.01. The second kappa shape index (κ2) is 6.89. The van der Waals surface area contributed by atoms with Crippen molar-refractivity contribution in [2.45, 2.75) is 50.9 Å². The molecule has 128 valence electrons. The van der Waals surface area contributed by atoms with Crippen LogP contribution >= 0.6 is 11.3 Å². The molecule has 1 aromatic heterocycles. The molecule has 1 atom stereocenters. The minimum atomic E-state index is -0.905. The largest absolute Gasteiger partial charge is 0.369 e. The summed E-state index contributed by atoms with van der Waals surface area (Å²) in [5.41, 5.74) is 6.51. The Labute approximate surface area is 146 Å². The van der Waals surface area contributed by atoms with Gasteiger partial charge in [-0.3, -0.25) is 9.59 Å². The topological polar surface area (TPSA) is 85.1 Å². The third kappa shape index (κ3) is 3.29. The van der Waals surface area contributed by atoms with E-state index >= 15 is 0 Å². The zero-order valence-corrected chi connectivity index (χ0v) is 14.7. The number of nitrogens with one attached hydrogen (secondary N) is 1. The molecular weight excluding hydrogens is 322 g/mol. The fourth-order valence-electron chi connectivity index (χ4n) is 3.63. The second-order valence-electron chi connectivity index (χ2n) is 6.78. The van der Waals surface area contributed by atoms with Crippen LogP contribution in [-0.2, 0) is 15.0 Å². The molecule has 5 nitrogen and oxygen atoms in total. The summed E-state index contributed by atoms with van der Waals surface area (Å²) in [6.07, 6.45) is 11.1. The smallest absolute Gasteiger partial charge is 0.234 e. The fourth-order valence-corrected chi connectivity index (χ4v) is 4.46. The minimum absolute atomic E-state index is 0.0572. The first-order valence-electron chi connectivity index (χ1n) is 8.40. The number of hydrogen-bond acceptors (Lipinski definition) is 4. The molecule has 1 unspecified atom stereocenters. The molecule has 0 bridgehead atoms. The highest BCUT2D eigenvalue weighted by Gasteiger charge is 2.41. The van der Waals surface area contributed by atoms with Gasteiger partial charge in [-0.05, 0) is 43.8 Å². The van der Waals surface area contributed by atoms with Gasteiger partial charge in [-0.1, -0.05) is 18.9 Å². The first-order valence-corrected chi connectivity index (χ1v) is 9.28. The van der Waals surface area contributed by atoms with Crippen molar-refractivity contribution in [1.29, 1.82) is 0 Å². The average Bonchev–Trinajstić information content (AvgIpc) is 3.22.